The maximum atomic E-state index is 5.67. The van der Waals surface area contributed by atoms with E-state index in [-0.39, 0.29) is 6.17 Å². The number of amidine groups is 1. The summed E-state index contributed by atoms with van der Waals surface area (Å²) in [6.07, 6.45) is 0.161. The molecule has 1 fully saturated rings. The van der Waals surface area contributed by atoms with Crippen LogP contribution in [0.3, 0.4) is 0 Å². The first-order valence-electron chi connectivity index (χ1n) is 2.83. The van der Waals surface area contributed by atoms with Crippen molar-refractivity contribution in [3.05, 3.63) is 0 Å². The highest BCUT2D eigenvalue weighted by Gasteiger charge is 2.22. The third-order valence-electron chi connectivity index (χ3n) is 1.37. The molecule has 1 saturated heterocycles. The predicted molar refractivity (Wildman–Crippen MR) is 41.6 cm³/mol. The first-order chi connectivity index (χ1) is 4.25. The number of nitrogens with two attached hydrogens (primary N) is 1. The van der Waals surface area contributed by atoms with Crippen LogP contribution in [0.2, 0.25) is 0 Å². The Bertz CT molecular complexity index is 134. The number of rotatable bonds is 0. The Kier molecular flexibility index (Phi) is 1.97. The van der Waals surface area contributed by atoms with E-state index < -0.39 is 0 Å². The highest BCUT2D eigenvalue weighted by Crippen LogP contribution is 2.18. The second kappa shape index (κ2) is 2.58. The minimum atomic E-state index is 0.161. The average molecular weight is 145 g/mol. The van der Waals surface area contributed by atoms with Gasteiger partial charge in [0.05, 0.1) is 6.17 Å². The topological polar surface area (TPSA) is 41.6 Å². The van der Waals surface area contributed by atoms with Gasteiger partial charge in [0.2, 0.25) is 0 Å². The lowest BCUT2D eigenvalue weighted by molar-refractivity contribution is 0.425. The molecule has 0 aromatic heterocycles. The van der Waals surface area contributed by atoms with Crippen molar-refractivity contribution in [1.82, 2.24) is 4.90 Å². The van der Waals surface area contributed by atoms with Gasteiger partial charge in [-0.15, -0.1) is 0 Å². The molecule has 0 amide bonds. The zero-order chi connectivity index (χ0) is 6.85. The molecular weight excluding hydrogens is 134 g/mol. The zero-order valence-corrected chi connectivity index (χ0v) is 6.48. The third-order valence-corrected chi connectivity index (χ3v) is 2.61. The lowest BCUT2D eigenvalue weighted by atomic mass is 10.5. The molecule has 0 aliphatic carbocycles. The molecule has 1 unspecified atom stereocenters. The number of nitrogens with zero attached hydrogens (tertiary/aromatic N) is 2. The van der Waals surface area contributed by atoms with Gasteiger partial charge in [0.25, 0.3) is 0 Å². The van der Waals surface area contributed by atoms with Gasteiger partial charge in [-0.3, -0.25) is 4.99 Å². The summed E-state index contributed by atoms with van der Waals surface area (Å²) < 4.78 is 0. The molecule has 0 radical (unpaired) electrons. The summed E-state index contributed by atoms with van der Waals surface area (Å²) in [6.45, 7) is 0. The van der Waals surface area contributed by atoms with Crippen LogP contribution in [0.4, 0.5) is 0 Å². The number of aliphatic imine (C=N–C) groups is 1. The number of thioether (sulfide) groups is 1. The fourth-order valence-electron chi connectivity index (χ4n) is 0.738. The van der Waals surface area contributed by atoms with Crippen molar-refractivity contribution in [1.29, 1.82) is 0 Å². The Morgan fingerprint density at radius 1 is 1.89 bits per heavy atom. The minimum absolute atomic E-state index is 0.161. The van der Waals surface area contributed by atoms with Crippen LogP contribution in [0.15, 0.2) is 4.99 Å². The second-order valence-corrected chi connectivity index (χ2v) is 2.98. The van der Waals surface area contributed by atoms with Gasteiger partial charge in [-0.05, 0) is 0 Å². The quantitative estimate of drug-likeness (QED) is 0.519. The molecule has 0 aromatic carbocycles. The van der Waals surface area contributed by atoms with Crippen LogP contribution in [0.25, 0.3) is 0 Å². The van der Waals surface area contributed by atoms with E-state index in [1.807, 2.05) is 11.9 Å². The van der Waals surface area contributed by atoms with Crippen molar-refractivity contribution in [2.75, 3.05) is 19.8 Å². The molecule has 1 aliphatic heterocycles. The molecule has 52 valence electrons. The van der Waals surface area contributed by atoms with Gasteiger partial charge in [-0.1, -0.05) is 11.8 Å². The molecule has 0 aromatic rings. The molecule has 0 saturated carbocycles. The Morgan fingerprint density at radius 2 is 2.56 bits per heavy atom. The highest BCUT2D eigenvalue weighted by atomic mass is 32.2. The van der Waals surface area contributed by atoms with Gasteiger partial charge < -0.3 is 10.6 Å². The number of hydrogen-bond acceptors (Lipinski definition) is 3. The van der Waals surface area contributed by atoms with Crippen molar-refractivity contribution in [2.45, 2.75) is 6.17 Å². The Labute approximate surface area is 59.3 Å². The molecule has 1 rings (SSSR count). The summed E-state index contributed by atoms with van der Waals surface area (Å²) in [5.74, 6) is 0.961. The van der Waals surface area contributed by atoms with E-state index in [0.717, 1.165) is 10.9 Å². The first-order valence-corrected chi connectivity index (χ1v) is 3.82. The fraction of sp³-hybridized carbons (Fsp3) is 0.800. The Morgan fingerprint density at radius 3 is 2.78 bits per heavy atom. The van der Waals surface area contributed by atoms with E-state index in [1.54, 1.807) is 18.8 Å². The maximum Gasteiger partial charge on any atom is 0.160 e. The van der Waals surface area contributed by atoms with E-state index in [0.29, 0.717) is 0 Å². The van der Waals surface area contributed by atoms with E-state index >= 15 is 0 Å². The van der Waals surface area contributed by atoms with Crippen LogP contribution in [0.5, 0.6) is 0 Å². The molecule has 9 heavy (non-hydrogen) atoms. The molecule has 1 aliphatic rings. The summed E-state index contributed by atoms with van der Waals surface area (Å²) in [5.41, 5.74) is 5.67. The first kappa shape index (κ1) is 6.89. The Hall–Kier alpha value is -0.220. The maximum absolute atomic E-state index is 5.67. The van der Waals surface area contributed by atoms with Gasteiger partial charge in [-0.25, -0.2) is 0 Å². The molecule has 4 heteroatoms. The van der Waals surface area contributed by atoms with Gasteiger partial charge in [0.1, 0.15) is 0 Å². The lowest BCUT2D eigenvalue weighted by Crippen LogP contribution is -2.37. The second-order valence-electron chi connectivity index (χ2n) is 2.00. The SMILES string of the molecule is C/N=C1\SCC(N)N1C. The normalized spacial score (nSPS) is 32.1. The van der Waals surface area contributed by atoms with Crippen LogP contribution >= 0.6 is 11.8 Å². The molecule has 0 spiro atoms. The average Bonchev–Trinajstić information content (AvgIpc) is 2.15. The van der Waals surface area contributed by atoms with Crippen LogP contribution in [-0.4, -0.2) is 36.1 Å². The van der Waals surface area contributed by atoms with Gasteiger partial charge in [0, 0.05) is 19.8 Å². The van der Waals surface area contributed by atoms with Crippen molar-refractivity contribution < 1.29 is 0 Å². The van der Waals surface area contributed by atoms with E-state index in [4.69, 9.17) is 5.73 Å². The van der Waals surface area contributed by atoms with E-state index in [1.165, 1.54) is 0 Å². The van der Waals surface area contributed by atoms with Crippen molar-refractivity contribution in [2.24, 2.45) is 10.7 Å². The van der Waals surface area contributed by atoms with Crippen molar-refractivity contribution in [3.8, 4) is 0 Å². The van der Waals surface area contributed by atoms with Crippen molar-refractivity contribution >= 4 is 16.9 Å². The zero-order valence-electron chi connectivity index (χ0n) is 5.66. The van der Waals surface area contributed by atoms with E-state index in [2.05, 4.69) is 4.99 Å². The summed E-state index contributed by atoms with van der Waals surface area (Å²) in [5, 5.41) is 1.04. The smallest absolute Gasteiger partial charge is 0.160 e. The number of hydrogen-bond donors (Lipinski definition) is 1. The van der Waals surface area contributed by atoms with Gasteiger partial charge in [0.15, 0.2) is 5.17 Å². The van der Waals surface area contributed by atoms with Crippen LogP contribution in [0, 0.1) is 0 Å². The van der Waals surface area contributed by atoms with Crippen LogP contribution in [0.1, 0.15) is 0 Å². The monoisotopic (exact) mass is 145 g/mol. The molecule has 0 bridgehead atoms. The van der Waals surface area contributed by atoms with Crippen LogP contribution < -0.4 is 5.73 Å². The third kappa shape index (κ3) is 1.19. The summed E-state index contributed by atoms with van der Waals surface area (Å²) in [6, 6.07) is 0. The predicted octanol–water partition coefficient (Wildman–Crippen LogP) is -0.0644. The Balaban J connectivity index is 2.62. The largest absolute Gasteiger partial charge is 0.338 e. The highest BCUT2D eigenvalue weighted by molar-refractivity contribution is 8.14. The van der Waals surface area contributed by atoms with Crippen molar-refractivity contribution in [3.63, 3.8) is 0 Å². The molecule has 3 nitrogen and oxygen atoms in total. The lowest BCUT2D eigenvalue weighted by Gasteiger charge is -2.15. The van der Waals surface area contributed by atoms with E-state index in [9.17, 15) is 0 Å². The van der Waals surface area contributed by atoms with Gasteiger partial charge >= 0.3 is 0 Å². The molecular formula is C5H11N3S. The summed E-state index contributed by atoms with van der Waals surface area (Å²) >= 11 is 1.71. The standard InChI is InChI=1S/C5H11N3S/c1-7-5-8(2)4(6)3-9-5/h4H,3,6H2,1-2H3/b7-5-. The molecule has 2 N–H and O–H groups in total. The fourth-order valence-corrected chi connectivity index (χ4v) is 1.75. The summed E-state index contributed by atoms with van der Waals surface area (Å²) in [7, 11) is 3.75. The molecule has 1 atom stereocenters. The summed E-state index contributed by atoms with van der Waals surface area (Å²) in [4.78, 5) is 6.04. The molecule has 1 heterocycles. The van der Waals surface area contributed by atoms with Gasteiger partial charge in [-0.2, -0.15) is 0 Å². The van der Waals surface area contributed by atoms with Crippen LogP contribution in [-0.2, 0) is 0 Å². The minimum Gasteiger partial charge on any atom is -0.338 e.